The predicted octanol–water partition coefficient (Wildman–Crippen LogP) is 1.86. The van der Waals surface area contributed by atoms with Gasteiger partial charge in [0, 0.05) is 12.2 Å². The molecular formula is C18H19FN2O3. The first-order valence-electron chi connectivity index (χ1n) is 8.01. The van der Waals surface area contributed by atoms with Crippen LogP contribution >= 0.6 is 0 Å². The van der Waals surface area contributed by atoms with E-state index in [9.17, 15) is 19.1 Å². The molecule has 1 aromatic heterocycles. The summed E-state index contributed by atoms with van der Waals surface area (Å²) in [7, 11) is 0. The zero-order valence-electron chi connectivity index (χ0n) is 13.1. The van der Waals surface area contributed by atoms with E-state index in [0.717, 1.165) is 36.9 Å². The van der Waals surface area contributed by atoms with Crippen LogP contribution in [0.25, 0.3) is 0 Å². The molecule has 0 saturated heterocycles. The third-order valence-electron chi connectivity index (χ3n) is 4.29. The lowest BCUT2D eigenvalue weighted by atomic mass is 9.95. The molecule has 0 aliphatic heterocycles. The number of carbonyl (C=O) groups excluding carboxylic acids is 1. The van der Waals surface area contributed by atoms with Crippen molar-refractivity contribution < 1.29 is 14.3 Å². The Labute approximate surface area is 138 Å². The molecule has 3 N–H and O–H groups in total. The fourth-order valence-corrected chi connectivity index (χ4v) is 2.93. The number of hydrogen-bond donors (Lipinski definition) is 3. The quantitative estimate of drug-likeness (QED) is 0.800. The van der Waals surface area contributed by atoms with Crippen LogP contribution in [0.2, 0.25) is 0 Å². The molecule has 1 aliphatic carbocycles. The molecule has 1 aromatic carbocycles. The summed E-state index contributed by atoms with van der Waals surface area (Å²) in [5.74, 6) is -0.915. The lowest BCUT2D eigenvalue weighted by Gasteiger charge is -2.16. The largest absolute Gasteiger partial charge is 0.387 e. The van der Waals surface area contributed by atoms with Crippen molar-refractivity contribution in [3.8, 4) is 0 Å². The first-order chi connectivity index (χ1) is 11.5. The van der Waals surface area contributed by atoms with Gasteiger partial charge in [-0.25, -0.2) is 4.39 Å². The third kappa shape index (κ3) is 3.54. The second kappa shape index (κ2) is 6.97. The minimum absolute atomic E-state index is 0.0546. The molecule has 1 heterocycles. The Kier molecular flexibility index (Phi) is 4.76. The molecule has 1 unspecified atom stereocenters. The smallest absolute Gasteiger partial charge is 0.261 e. The lowest BCUT2D eigenvalue weighted by Crippen LogP contribution is -2.33. The van der Waals surface area contributed by atoms with Crippen molar-refractivity contribution in [1.82, 2.24) is 10.3 Å². The molecule has 0 fully saturated rings. The van der Waals surface area contributed by atoms with Crippen molar-refractivity contribution >= 4 is 5.91 Å². The molecule has 6 heteroatoms. The van der Waals surface area contributed by atoms with Gasteiger partial charge in [-0.15, -0.1) is 0 Å². The van der Waals surface area contributed by atoms with Crippen molar-refractivity contribution in [3.63, 3.8) is 0 Å². The topological polar surface area (TPSA) is 82.2 Å². The molecule has 24 heavy (non-hydrogen) atoms. The number of aromatic amines is 1. The Bertz CT molecular complexity index is 799. The Morgan fingerprint density at radius 1 is 1.25 bits per heavy atom. The van der Waals surface area contributed by atoms with Crippen LogP contribution in [-0.4, -0.2) is 22.5 Å². The minimum atomic E-state index is -0.966. The fraction of sp³-hybridized carbons (Fsp3) is 0.333. The third-order valence-corrected chi connectivity index (χ3v) is 4.29. The van der Waals surface area contributed by atoms with E-state index in [4.69, 9.17) is 0 Å². The number of amides is 1. The van der Waals surface area contributed by atoms with Gasteiger partial charge in [-0.2, -0.15) is 0 Å². The van der Waals surface area contributed by atoms with Gasteiger partial charge in [0.2, 0.25) is 0 Å². The van der Waals surface area contributed by atoms with Gasteiger partial charge in [-0.3, -0.25) is 9.59 Å². The van der Waals surface area contributed by atoms with E-state index in [0.29, 0.717) is 5.56 Å². The molecule has 1 aliphatic rings. The average Bonchev–Trinajstić information content (AvgIpc) is 2.59. The number of H-pyrrole nitrogens is 1. The number of aromatic nitrogens is 1. The number of halogens is 1. The Balaban J connectivity index is 1.69. The molecular weight excluding hydrogens is 311 g/mol. The van der Waals surface area contributed by atoms with Gasteiger partial charge < -0.3 is 15.4 Å². The summed E-state index contributed by atoms with van der Waals surface area (Å²) in [6, 6.07) is 7.05. The zero-order valence-corrected chi connectivity index (χ0v) is 13.1. The molecule has 0 bridgehead atoms. The molecule has 1 atom stereocenters. The minimum Gasteiger partial charge on any atom is -0.387 e. The van der Waals surface area contributed by atoms with E-state index in [1.165, 1.54) is 24.3 Å². The maximum atomic E-state index is 12.9. The molecule has 0 radical (unpaired) electrons. The summed E-state index contributed by atoms with van der Waals surface area (Å²) in [5, 5.41) is 12.6. The number of nitrogens with one attached hydrogen (secondary N) is 2. The van der Waals surface area contributed by atoms with E-state index < -0.39 is 23.4 Å². The maximum absolute atomic E-state index is 12.9. The van der Waals surface area contributed by atoms with Crippen molar-refractivity contribution in [2.45, 2.75) is 31.8 Å². The fourth-order valence-electron chi connectivity index (χ4n) is 2.93. The zero-order chi connectivity index (χ0) is 17.1. The molecule has 126 valence electrons. The molecule has 5 nitrogen and oxygen atoms in total. The molecule has 2 aromatic rings. The summed E-state index contributed by atoms with van der Waals surface area (Å²) in [6.07, 6.45) is 2.80. The summed E-state index contributed by atoms with van der Waals surface area (Å²) in [4.78, 5) is 27.1. The van der Waals surface area contributed by atoms with Crippen LogP contribution in [0.1, 0.15) is 46.1 Å². The average molecular weight is 330 g/mol. The van der Waals surface area contributed by atoms with Gasteiger partial charge in [0.15, 0.2) is 0 Å². The highest BCUT2D eigenvalue weighted by molar-refractivity contribution is 5.94. The summed E-state index contributed by atoms with van der Waals surface area (Å²) in [5.41, 5.74) is 2.06. The molecule has 3 rings (SSSR count). The van der Waals surface area contributed by atoms with Gasteiger partial charge in [0.05, 0.1) is 6.10 Å². The van der Waals surface area contributed by atoms with E-state index in [1.807, 2.05) is 0 Å². The van der Waals surface area contributed by atoms with Gasteiger partial charge in [0.25, 0.3) is 11.5 Å². The summed E-state index contributed by atoms with van der Waals surface area (Å²) < 4.78 is 12.9. The van der Waals surface area contributed by atoms with E-state index >= 15 is 0 Å². The van der Waals surface area contributed by atoms with Crippen LogP contribution in [0, 0.1) is 5.82 Å². The molecule has 1 amide bonds. The van der Waals surface area contributed by atoms with E-state index in [1.54, 1.807) is 6.07 Å². The summed E-state index contributed by atoms with van der Waals surface area (Å²) in [6.45, 7) is -0.0546. The number of pyridine rings is 1. The first-order valence-corrected chi connectivity index (χ1v) is 8.01. The monoisotopic (exact) mass is 330 g/mol. The standard InChI is InChI=1S/C18H19FN2O3/c19-13-7-5-11(6-8-13)16(22)10-20-17(23)14-9-12-3-1-2-4-15(12)21-18(14)24/h5-9,16,22H,1-4,10H2,(H,20,23)(H,21,24). The summed E-state index contributed by atoms with van der Waals surface area (Å²) >= 11 is 0. The van der Waals surface area contributed by atoms with Gasteiger partial charge in [-0.1, -0.05) is 12.1 Å². The number of aliphatic hydroxyl groups excluding tert-OH is 1. The van der Waals surface area contributed by atoms with Gasteiger partial charge >= 0.3 is 0 Å². The van der Waals surface area contributed by atoms with Crippen molar-refractivity contribution in [2.75, 3.05) is 6.54 Å². The van der Waals surface area contributed by atoms with Crippen LogP contribution in [0.15, 0.2) is 35.1 Å². The Hall–Kier alpha value is -2.47. The normalized spacial score (nSPS) is 14.8. The second-order valence-corrected chi connectivity index (χ2v) is 6.00. The number of benzene rings is 1. The Morgan fingerprint density at radius 3 is 2.71 bits per heavy atom. The molecule has 0 saturated carbocycles. The van der Waals surface area contributed by atoms with Crippen LogP contribution < -0.4 is 10.9 Å². The van der Waals surface area contributed by atoms with Crippen LogP contribution in [0.4, 0.5) is 4.39 Å². The number of carbonyl (C=O) groups is 1. The van der Waals surface area contributed by atoms with Crippen LogP contribution in [0.5, 0.6) is 0 Å². The first kappa shape index (κ1) is 16.4. The maximum Gasteiger partial charge on any atom is 0.261 e. The van der Waals surface area contributed by atoms with E-state index in [2.05, 4.69) is 10.3 Å². The van der Waals surface area contributed by atoms with Crippen LogP contribution in [0.3, 0.4) is 0 Å². The predicted molar refractivity (Wildman–Crippen MR) is 87.4 cm³/mol. The number of aryl methyl sites for hydroxylation is 2. The molecule has 0 spiro atoms. The van der Waals surface area contributed by atoms with Crippen LogP contribution in [-0.2, 0) is 12.8 Å². The van der Waals surface area contributed by atoms with Crippen molar-refractivity contribution in [2.24, 2.45) is 0 Å². The van der Waals surface area contributed by atoms with Crippen molar-refractivity contribution in [3.05, 3.63) is 68.9 Å². The van der Waals surface area contributed by atoms with Gasteiger partial charge in [-0.05, 0) is 55.0 Å². The van der Waals surface area contributed by atoms with Crippen molar-refractivity contribution in [1.29, 1.82) is 0 Å². The van der Waals surface area contributed by atoms with E-state index in [-0.39, 0.29) is 12.1 Å². The highest BCUT2D eigenvalue weighted by atomic mass is 19.1. The number of aliphatic hydroxyl groups is 1. The second-order valence-electron chi connectivity index (χ2n) is 6.00. The van der Waals surface area contributed by atoms with Gasteiger partial charge in [0.1, 0.15) is 11.4 Å². The Morgan fingerprint density at radius 2 is 1.96 bits per heavy atom. The number of fused-ring (bicyclic) bond motifs is 1. The highest BCUT2D eigenvalue weighted by Gasteiger charge is 2.18. The highest BCUT2D eigenvalue weighted by Crippen LogP contribution is 2.18. The number of hydrogen-bond acceptors (Lipinski definition) is 3. The SMILES string of the molecule is O=C(NCC(O)c1ccc(F)cc1)c1cc2c([nH]c1=O)CCCC2. The number of rotatable bonds is 4. The lowest BCUT2D eigenvalue weighted by molar-refractivity contribution is 0.0914.